The number of nitrogens with one attached hydrogen (secondary N) is 1. The van der Waals surface area contributed by atoms with Crippen LogP contribution in [-0.2, 0) is 4.74 Å². The van der Waals surface area contributed by atoms with Crippen LogP contribution in [0.1, 0.15) is 58.9 Å². The van der Waals surface area contributed by atoms with E-state index in [4.69, 9.17) is 9.47 Å². The second-order valence-corrected chi connectivity index (χ2v) is 10.3. The number of halogens is 2. The highest BCUT2D eigenvalue weighted by Gasteiger charge is 2.34. The lowest BCUT2D eigenvalue weighted by Crippen LogP contribution is -2.51. The summed E-state index contributed by atoms with van der Waals surface area (Å²) in [5, 5.41) is 2.70. The maximum Gasteiger partial charge on any atom is 0.410 e. The maximum absolute atomic E-state index is 13.8. The number of aromatic nitrogens is 1. The van der Waals surface area contributed by atoms with Gasteiger partial charge in [-0.2, -0.15) is 13.8 Å². The molecule has 1 aliphatic rings. The van der Waals surface area contributed by atoms with E-state index >= 15 is 0 Å². The average Bonchev–Trinajstić information content (AvgIpc) is 2.84. The van der Waals surface area contributed by atoms with Gasteiger partial charge >= 0.3 is 18.7 Å². The summed E-state index contributed by atoms with van der Waals surface area (Å²) in [6, 6.07) is 9.62. The summed E-state index contributed by atoms with van der Waals surface area (Å²) in [6.45, 7) is 7.16. The lowest BCUT2D eigenvalue weighted by molar-refractivity contribution is -0.0525. The van der Waals surface area contributed by atoms with E-state index in [0.717, 1.165) is 5.56 Å². The Morgan fingerprint density at radius 1 is 1.11 bits per heavy atom. The van der Waals surface area contributed by atoms with Gasteiger partial charge in [0.2, 0.25) is 11.8 Å². The number of alkyl halides is 2. The number of nitrogens with zero attached hydrogens (tertiary/aromatic N) is 3. The maximum atomic E-state index is 13.8. The normalized spacial score (nSPS) is 14.4. The third-order valence-electron chi connectivity index (χ3n) is 6.00. The molecule has 0 radical (unpaired) electrons. The Morgan fingerprint density at radius 2 is 1.76 bits per heavy atom. The Balaban J connectivity index is 1.91. The summed E-state index contributed by atoms with van der Waals surface area (Å²) in [7, 11) is 1.35. The van der Waals surface area contributed by atoms with E-state index in [9.17, 15) is 18.4 Å². The molecule has 0 unspecified atom stereocenters. The van der Waals surface area contributed by atoms with E-state index < -0.39 is 30.2 Å². The van der Waals surface area contributed by atoms with E-state index in [-0.39, 0.29) is 23.5 Å². The van der Waals surface area contributed by atoms with Crippen molar-refractivity contribution < 1.29 is 32.6 Å². The monoisotopic (exact) mass is 534 g/mol. The minimum absolute atomic E-state index is 0.0191. The van der Waals surface area contributed by atoms with E-state index in [1.807, 2.05) is 58.9 Å². The van der Waals surface area contributed by atoms with Crippen molar-refractivity contribution in [1.82, 2.24) is 9.88 Å². The number of carbonyl (C=O) groups is 2. The first kappa shape index (κ1) is 28.9. The zero-order chi connectivity index (χ0) is 28.0. The van der Waals surface area contributed by atoms with Gasteiger partial charge in [-0.1, -0.05) is 32.0 Å². The fourth-order valence-electron chi connectivity index (χ4n) is 4.28. The van der Waals surface area contributed by atoms with Crippen LogP contribution in [0.3, 0.4) is 0 Å². The smallest absolute Gasteiger partial charge is 0.410 e. The number of likely N-dealkylation sites (tertiary alicyclic amines) is 1. The predicted molar refractivity (Wildman–Crippen MR) is 140 cm³/mol. The molecule has 11 heteroatoms. The summed E-state index contributed by atoms with van der Waals surface area (Å²) in [4.78, 5) is 33.6. The highest BCUT2D eigenvalue weighted by atomic mass is 19.3. The van der Waals surface area contributed by atoms with Crippen LogP contribution >= 0.6 is 0 Å². The standard InChI is InChI=1S/C27H36F2N4O5/c1-17(2)19-9-7-8-10-21(19)33(18-13-15-32(16-14-18)26(35)38-27(3,4)5)25(34)30-20-11-12-22(36-6)31-23(20)37-24(28)29/h7-12,17-18,24H,13-16H2,1-6H3,(H,30,34). The predicted octanol–water partition coefficient (Wildman–Crippen LogP) is 6.25. The zero-order valence-corrected chi connectivity index (χ0v) is 22.7. The number of hydrogen-bond donors (Lipinski definition) is 1. The third kappa shape index (κ3) is 7.45. The van der Waals surface area contributed by atoms with E-state index in [2.05, 4.69) is 15.0 Å². The molecule has 1 aromatic heterocycles. The molecule has 0 atom stereocenters. The van der Waals surface area contributed by atoms with E-state index in [1.54, 1.807) is 9.80 Å². The van der Waals surface area contributed by atoms with Crippen LogP contribution in [0.15, 0.2) is 36.4 Å². The second-order valence-electron chi connectivity index (χ2n) is 10.3. The number of para-hydroxylation sites is 1. The lowest BCUT2D eigenvalue weighted by Gasteiger charge is -2.39. The Bertz CT molecular complexity index is 1110. The molecule has 2 aromatic rings. The molecule has 1 N–H and O–H groups in total. The van der Waals surface area contributed by atoms with Gasteiger partial charge in [0.15, 0.2) is 0 Å². The van der Waals surface area contributed by atoms with Crippen molar-refractivity contribution >= 4 is 23.5 Å². The first-order chi connectivity index (χ1) is 17.9. The summed E-state index contributed by atoms with van der Waals surface area (Å²) >= 11 is 0. The number of methoxy groups -OCH3 is 1. The number of anilines is 2. The molecule has 1 aliphatic heterocycles. The van der Waals surface area contributed by atoms with E-state index in [0.29, 0.717) is 31.6 Å². The minimum Gasteiger partial charge on any atom is -0.481 e. The topological polar surface area (TPSA) is 93.2 Å². The number of piperidine rings is 1. The zero-order valence-electron chi connectivity index (χ0n) is 22.7. The van der Waals surface area contributed by atoms with Gasteiger partial charge in [-0.05, 0) is 57.2 Å². The van der Waals surface area contributed by atoms with Crippen LogP contribution in [0.5, 0.6) is 11.8 Å². The highest BCUT2D eigenvalue weighted by Crippen LogP contribution is 2.34. The Morgan fingerprint density at radius 3 is 2.34 bits per heavy atom. The molecule has 2 heterocycles. The summed E-state index contributed by atoms with van der Waals surface area (Å²) < 4.78 is 41.2. The molecule has 208 valence electrons. The van der Waals surface area contributed by atoms with E-state index in [1.165, 1.54) is 19.2 Å². The van der Waals surface area contributed by atoms with Gasteiger partial charge in [-0.15, -0.1) is 0 Å². The SMILES string of the molecule is COc1ccc(NC(=O)N(c2ccccc2C(C)C)C2CCN(C(=O)OC(C)(C)C)CC2)c(OC(F)F)n1. The summed E-state index contributed by atoms with van der Waals surface area (Å²) in [5.41, 5.74) is 1.03. The molecule has 0 spiro atoms. The quantitative estimate of drug-likeness (QED) is 0.451. The molecular formula is C27H36F2N4O5. The van der Waals surface area contributed by atoms with Crippen molar-refractivity contribution in [2.75, 3.05) is 30.4 Å². The van der Waals surface area contributed by atoms with Crippen LogP contribution < -0.4 is 19.7 Å². The fraction of sp³-hybridized carbons (Fsp3) is 0.519. The van der Waals surface area contributed by atoms with Crippen LogP contribution in [0.4, 0.5) is 29.7 Å². The fourth-order valence-corrected chi connectivity index (χ4v) is 4.28. The van der Waals surface area contributed by atoms with Gasteiger partial charge in [0.1, 0.15) is 11.3 Å². The molecule has 3 rings (SSSR count). The molecular weight excluding hydrogens is 498 g/mol. The van der Waals surface area contributed by atoms with Gasteiger partial charge in [0, 0.05) is 30.9 Å². The largest absolute Gasteiger partial charge is 0.481 e. The van der Waals surface area contributed by atoms with Crippen molar-refractivity contribution in [1.29, 1.82) is 0 Å². The number of ether oxygens (including phenoxy) is 3. The first-order valence-electron chi connectivity index (χ1n) is 12.6. The number of amides is 3. The first-order valence-corrected chi connectivity index (χ1v) is 12.6. The van der Waals surface area contributed by atoms with Crippen molar-refractivity contribution in [3.8, 4) is 11.8 Å². The third-order valence-corrected chi connectivity index (χ3v) is 6.00. The van der Waals surface area contributed by atoms with Gasteiger partial charge in [-0.25, -0.2) is 9.59 Å². The Labute approximate surface area is 222 Å². The Kier molecular flexibility index (Phi) is 9.35. The summed E-state index contributed by atoms with van der Waals surface area (Å²) in [5.74, 6) is -0.275. The lowest BCUT2D eigenvalue weighted by atomic mass is 9.97. The van der Waals surface area contributed by atoms with Gasteiger partial charge in [0.25, 0.3) is 0 Å². The van der Waals surface area contributed by atoms with Crippen LogP contribution in [-0.4, -0.2) is 60.5 Å². The molecule has 0 saturated carbocycles. The minimum atomic E-state index is -3.14. The van der Waals surface area contributed by atoms with Crippen molar-refractivity contribution in [3.05, 3.63) is 42.0 Å². The van der Waals surface area contributed by atoms with Crippen molar-refractivity contribution in [2.45, 2.75) is 71.6 Å². The van der Waals surface area contributed by atoms with Crippen LogP contribution in [0.25, 0.3) is 0 Å². The van der Waals surface area contributed by atoms with Crippen LogP contribution in [0.2, 0.25) is 0 Å². The number of urea groups is 1. The number of pyridine rings is 1. The van der Waals surface area contributed by atoms with Crippen molar-refractivity contribution in [2.24, 2.45) is 0 Å². The Hall–Kier alpha value is -3.63. The molecule has 9 nitrogen and oxygen atoms in total. The molecule has 0 aliphatic carbocycles. The van der Waals surface area contributed by atoms with Crippen molar-refractivity contribution in [3.63, 3.8) is 0 Å². The number of benzene rings is 1. The molecule has 1 saturated heterocycles. The van der Waals surface area contributed by atoms with Gasteiger partial charge in [0.05, 0.1) is 7.11 Å². The number of hydrogen-bond acceptors (Lipinski definition) is 6. The summed E-state index contributed by atoms with van der Waals surface area (Å²) in [6.07, 6.45) is 0.605. The average molecular weight is 535 g/mol. The van der Waals surface area contributed by atoms with Gasteiger partial charge in [-0.3, -0.25) is 4.90 Å². The number of carbonyl (C=O) groups excluding carboxylic acids is 2. The highest BCUT2D eigenvalue weighted by molar-refractivity contribution is 6.03. The molecule has 38 heavy (non-hydrogen) atoms. The molecule has 1 fully saturated rings. The molecule has 3 amide bonds. The second kappa shape index (κ2) is 12.3. The number of rotatable bonds is 7. The molecule has 1 aromatic carbocycles. The van der Waals surface area contributed by atoms with Crippen LogP contribution in [0, 0.1) is 0 Å². The van der Waals surface area contributed by atoms with Gasteiger partial charge < -0.3 is 24.4 Å². The molecule has 0 bridgehead atoms.